The topological polar surface area (TPSA) is 65.7 Å². The number of nitrogens with one attached hydrogen (secondary N) is 1. The highest BCUT2D eigenvalue weighted by Crippen LogP contribution is 2.21. The van der Waals surface area contributed by atoms with Gasteiger partial charge in [-0.3, -0.25) is 0 Å². The summed E-state index contributed by atoms with van der Waals surface area (Å²) in [5, 5.41) is 12.4. The third-order valence-electron chi connectivity index (χ3n) is 3.74. The second kappa shape index (κ2) is 7.69. The van der Waals surface area contributed by atoms with Crippen molar-refractivity contribution < 1.29 is 23.1 Å². The van der Waals surface area contributed by atoms with E-state index in [1.54, 1.807) is 30.3 Å². The summed E-state index contributed by atoms with van der Waals surface area (Å²) in [5.74, 6) is -1.05. The van der Waals surface area contributed by atoms with Crippen molar-refractivity contribution >= 4 is 11.7 Å². The second-order valence-corrected chi connectivity index (χ2v) is 5.62. The lowest BCUT2D eigenvalue weighted by atomic mass is 10.2. The molecule has 0 bridgehead atoms. The molecule has 1 heterocycles. The molecule has 0 saturated heterocycles. The fourth-order valence-corrected chi connectivity index (χ4v) is 2.43. The summed E-state index contributed by atoms with van der Waals surface area (Å²) >= 11 is 0. The maximum absolute atomic E-state index is 13.8. The minimum atomic E-state index is -0.876. The van der Waals surface area contributed by atoms with Gasteiger partial charge in [0.25, 0.3) is 0 Å². The molecule has 1 aromatic heterocycles. The number of phenols is 1. The Morgan fingerprint density at radius 3 is 2.58 bits per heavy atom. The SMILES string of the molecule is O=C(Nc1ccc(F)cc1F)N(Cc1ccco1)Cc1ccccc1O. The molecule has 0 radical (unpaired) electrons. The number of halogens is 2. The molecular formula is C19H16F2N2O3. The number of furan rings is 1. The zero-order valence-electron chi connectivity index (χ0n) is 13.7. The summed E-state index contributed by atoms with van der Waals surface area (Å²) < 4.78 is 32.1. The summed E-state index contributed by atoms with van der Waals surface area (Å²) in [5.41, 5.74) is 0.381. The number of nitrogens with zero attached hydrogens (tertiary/aromatic N) is 1. The monoisotopic (exact) mass is 358 g/mol. The smallest absolute Gasteiger partial charge is 0.322 e. The molecule has 0 fully saturated rings. The minimum absolute atomic E-state index is 0.0395. The lowest BCUT2D eigenvalue weighted by Gasteiger charge is -2.23. The quantitative estimate of drug-likeness (QED) is 0.706. The average molecular weight is 358 g/mol. The molecule has 0 aliphatic carbocycles. The van der Waals surface area contributed by atoms with Gasteiger partial charge in [0.15, 0.2) is 0 Å². The van der Waals surface area contributed by atoms with Crippen LogP contribution in [0.4, 0.5) is 19.3 Å². The van der Waals surface area contributed by atoms with Crippen LogP contribution in [0.25, 0.3) is 0 Å². The number of benzene rings is 2. The molecule has 2 N–H and O–H groups in total. The Morgan fingerprint density at radius 2 is 1.88 bits per heavy atom. The van der Waals surface area contributed by atoms with Gasteiger partial charge >= 0.3 is 6.03 Å². The van der Waals surface area contributed by atoms with Gasteiger partial charge in [-0.15, -0.1) is 0 Å². The van der Waals surface area contributed by atoms with Gasteiger partial charge in [-0.05, 0) is 30.3 Å². The van der Waals surface area contributed by atoms with Crippen molar-refractivity contribution in [1.82, 2.24) is 4.90 Å². The van der Waals surface area contributed by atoms with E-state index >= 15 is 0 Å². The number of amides is 2. The largest absolute Gasteiger partial charge is 0.508 e. The van der Waals surface area contributed by atoms with Crippen LogP contribution in [0.2, 0.25) is 0 Å². The standard InChI is InChI=1S/C19H16F2N2O3/c20-14-7-8-17(16(21)10-14)22-19(25)23(12-15-5-3-9-26-15)11-13-4-1-2-6-18(13)24/h1-10,24H,11-12H2,(H,22,25). The molecule has 5 nitrogen and oxygen atoms in total. The van der Waals surface area contributed by atoms with Crippen LogP contribution in [0, 0.1) is 11.6 Å². The lowest BCUT2D eigenvalue weighted by Crippen LogP contribution is -2.34. The number of hydrogen-bond donors (Lipinski definition) is 2. The van der Waals surface area contributed by atoms with Gasteiger partial charge in [0.05, 0.1) is 25.0 Å². The van der Waals surface area contributed by atoms with Gasteiger partial charge in [-0.2, -0.15) is 0 Å². The summed E-state index contributed by atoms with van der Waals surface area (Å²) in [6.07, 6.45) is 1.48. The highest BCUT2D eigenvalue weighted by molar-refractivity contribution is 5.89. The highest BCUT2D eigenvalue weighted by Gasteiger charge is 2.19. The van der Waals surface area contributed by atoms with E-state index in [-0.39, 0.29) is 24.5 Å². The van der Waals surface area contributed by atoms with Gasteiger partial charge in [-0.25, -0.2) is 13.6 Å². The van der Waals surface area contributed by atoms with Gasteiger partial charge in [-0.1, -0.05) is 18.2 Å². The number of anilines is 1. The second-order valence-electron chi connectivity index (χ2n) is 5.62. The van der Waals surface area contributed by atoms with Crippen LogP contribution in [0.3, 0.4) is 0 Å². The van der Waals surface area contributed by atoms with E-state index in [0.29, 0.717) is 17.4 Å². The van der Waals surface area contributed by atoms with Crippen molar-refractivity contribution in [1.29, 1.82) is 0 Å². The first kappa shape index (κ1) is 17.5. The highest BCUT2D eigenvalue weighted by atomic mass is 19.1. The number of rotatable bonds is 5. The molecule has 0 aliphatic heterocycles. The zero-order valence-corrected chi connectivity index (χ0v) is 13.7. The molecule has 0 aliphatic rings. The van der Waals surface area contributed by atoms with Gasteiger partial charge in [0.1, 0.15) is 23.1 Å². The molecule has 134 valence electrons. The van der Waals surface area contributed by atoms with Crippen molar-refractivity contribution in [3.05, 3.63) is 83.8 Å². The Bertz CT molecular complexity index is 898. The number of para-hydroxylation sites is 1. The average Bonchev–Trinajstić information content (AvgIpc) is 3.12. The maximum atomic E-state index is 13.8. The third-order valence-corrected chi connectivity index (χ3v) is 3.74. The van der Waals surface area contributed by atoms with E-state index in [0.717, 1.165) is 12.1 Å². The Kier molecular flexibility index (Phi) is 5.17. The zero-order chi connectivity index (χ0) is 18.5. The molecule has 0 saturated carbocycles. The van der Waals surface area contributed by atoms with Gasteiger partial charge in [0, 0.05) is 11.6 Å². The summed E-state index contributed by atoms with van der Waals surface area (Å²) in [4.78, 5) is 14.0. The molecule has 0 spiro atoms. The molecule has 0 unspecified atom stereocenters. The van der Waals surface area contributed by atoms with Crippen molar-refractivity contribution in [2.24, 2.45) is 0 Å². The molecule has 2 amide bonds. The van der Waals surface area contributed by atoms with Crippen molar-refractivity contribution in [2.45, 2.75) is 13.1 Å². The van der Waals surface area contributed by atoms with Gasteiger partial charge < -0.3 is 19.7 Å². The normalized spacial score (nSPS) is 10.5. The Labute approximate surface area is 148 Å². The Morgan fingerprint density at radius 1 is 1.08 bits per heavy atom. The molecular weight excluding hydrogens is 342 g/mol. The molecule has 7 heteroatoms. The molecule has 3 rings (SSSR count). The van der Waals surface area contributed by atoms with E-state index in [1.807, 2.05) is 0 Å². The van der Waals surface area contributed by atoms with Gasteiger partial charge in [0.2, 0.25) is 0 Å². The number of phenolic OH excluding ortho intramolecular Hbond substituents is 1. The number of urea groups is 1. The molecule has 26 heavy (non-hydrogen) atoms. The number of hydrogen-bond acceptors (Lipinski definition) is 3. The molecule has 0 atom stereocenters. The maximum Gasteiger partial charge on any atom is 0.322 e. The van der Waals surface area contributed by atoms with Crippen LogP contribution < -0.4 is 5.32 Å². The molecule has 3 aromatic rings. The van der Waals surface area contributed by atoms with Crippen LogP contribution in [-0.4, -0.2) is 16.0 Å². The van der Waals surface area contributed by atoms with E-state index in [2.05, 4.69) is 5.32 Å². The van der Waals surface area contributed by atoms with Crippen LogP contribution in [0.1, 0.15) is 11.3 Å². The predicted octanol–water partition coefficient (Wildman–Crippen LogP) is 4.50. The van der Waals surface area contributed by atoms with E-state index in [1.165, 1.54) is 17.2 Å². The minimum Gasteiger partial charge on any atom is -0.508 e. The fraction of sp³-hybridized carbons (Fsp3) is 0.105. The number of aromatic hydroxyl groups is 1. The fourth-order valence-electron chi connectivity index (χ4n) is 2.43. The summed E-state index contributed by atoms with van der Waals surface area (Å²) in [7, 11) is 0. The van der Waals surface area contributed by atoms with Crippen LogP contribution in [0.15, 0.2) is 65.3 Å². The van der Waals surface area contributed by atoms with Crippen molar-refractivity contribution in [3.63, 3.8) is 0 Å². The summed E-state index contributed by atoms with van der Waals surface area (Å²) in [6.45, 7) is 0.179. The first-order valence-electron chi connectivity index (χ1n) is 7.83. The lowest BCUT2D eigenvalue weighted by molar-refractivity contribution is 0.200. The van der Waals surface area contributed by atoms with Crippen molar-refractivity contribution in [3.8, 4) is 5.75 Å². The van der Waals surface area contributed by atoms with Crippen molar-refractivity contribution in [2.75, 3.05) is 5.32 Å². The Hall–Kier alpha value is -3.35. The predicted molar refractivity (Wildman–Crippen MR) is 91.4 cm³/mol. The third kappa shape index (κ3) is 4.18. The van der Waals surface area contributed by atoms with E-state index < -0.39 is 17.7 Å². The number of carbonyl (C=O) groups is 1. The first-order chi connectivity index (χ1) is 12.5. The first-order valence-corrected chi connectivity index (χ1v) is 7.83. The van der Waals surface area contributed by atoms with Crippen LogP contribution >= 0.6 is 0 Å². The molecule has 2 aromatic carbocycles. The Balaban J connectivity index is 1.81. The van der Waals surface area contributed by atoms with E-state index in [4.69, 9.17) is 4.42 Å². The van der Waals surface area contributed by atoms with Crippen LogP contribution in [0.5, 0.6) is 5.75 Å². The number of carbonyl (C=O) groups excluding carboxylic acids is 1. The summed E-state index contributed by atoms with van der Waals surface area (Å²) in [6, 6.07) is 12.3. The van der Waals surface area contributed by atoms with E-state index in [9.17, 15) is 18.7 Å². The van der Waals surface area contributed by atoms with Crippen LogP contribution in [-0.2, 0) is 13.1 Å².